The van der Waals surface area contributed by atoms with Crippen LogP contribution in [0.1, 0.15) is 37.3 Å². The summed E-state index contributed by atoms with van der Waals surface area (Å²) in [5.74, 6) is -1.77. The van der Waals surface area contributed by atoms with Gasteiger partial charge in [0.2, 0.25) is 5.91 Å². The fraction of sp³-hybridized carbons (Fsp3) is 0.318. The number of carbonyl (C=O) groups excluding carboxylic acids is 2. The van der Waals surface area contributed by atoms with Gasteiger partial charge in [0.25, 0.3) is 0 Å². The van der Waals surface area contributed by atoms with Crippen molar-refractivity contribution in [2.24, 2.45) is 0 Å². The molecule has 2 aromatic carbocycles. The summed E-state index contributed by atoms with van der Waals surface area (Å²) in [7, 11) is 0. The maximum absolute atomic E-state index is 12.2. The van der Waals surface area contributed by atoms with E-state index in [1.54, 1.807) is 6.92 Å². The van der Waals surface area contributed by atoms with Crippen molar-refractivity contribution in [2.45, 2.75) is 38.3 Å². The SMILES string of the molecule is CC[C@H](NC(=O)C(C)NC(=O)OCC1c2ccccc2-c2ccccc21)C(=O)O. The van der Waals surface area contributed by atoms with E-state index in [0.717, 1.165) is 22.3 Å². The Bertz CT molecular complexity index is 881. The molecule has 7 heteroatoms. The number of carbonyl (C=O) groups is 3. The minimum absolute atomic E-state index is 0.0752. The molecule has 7 nitrogen and oxygen atoms in total. The molecular weight excluding hydrogens is 372 g/mol. The van der Waals surface area contributed by atoms with E-state index in [0.29, 0.717) is 0 Å². The molecule has 2 atom stereocenters. The van der Waals surface area contributed by atoms with Gasteiger partial charge in [-0.15, -0.1) is 0 Å². The number of amides is 2. The molecule has 3 N–H and O–H groups in total. The fourth-order valence-corrected chi connectivity index (χ4v) is 3.52. The highest BCUT2D eigenvalue weighted by Gasteiger charge is 2.29. The van der Waals surface area contributed by atoms with Crippen molar-refractivity contribution < 1.29 is 24.2 Å². The highest BCUT2D eigenvalue weighted by Crippen LogP contribution is 2.44. The summed E-state index contributed by atoms with van der Waals surface area (Å²) in [6.45, 7) is 3.27. The predicted molar refractivity (Wildman–Crippen MR) is 108 cm³/mol. The van der Waals surface area contributed by atoms with Gasteiger partial charge in [-0.05, 0) is 35.6 Å². The molecule has 1 aliphatic carbocycles. The zero-order chi connectivity index (χ0) is 21.0. The number of fused-ring (bicyclic) bond motifs is 3. The molecule has 0 saturated heterocycles. The lowest BCUT2D eigenvalue weighted by atomic mass is 9.98. The quantitative estimate of drug-likeness (QED) is 0.667. The third kappa shape index (κ3) is 4.39. The number of aliphatic carboxylic acids is 1. The first-order valence-electron chi connectivity index (χ1n) is 9.57. The number of nitrogens with one attached hydrogen (secondary N) is 2. The van der Waals surface area contributed by atoms with E-state index in [-0.39, 0.29) is 18.9 Å². The molecule has 0 spiro atoms. The molecule has 0 radical (unpaired) electrons. The predicted octanol–water partition coefficient (Wildman–Crippen LogP) is 2.89. The second kappa shape index (κ2) is 8.77. The van der Waals surface area contributed by atoms with E-state index in [9.17, 15) is 14.4 Å². The van der Waals surface area contributed by atoms with Gasteiger partial charge in [-0.1, -0.05) is 55.5 Å². The molecule has 1 aliphatic rings. The highest BCUT2D eigenvalue weighted by atomic mass is 16.5. The molecule has 0 fully saturated rings. The molecule has 2 aromatic rings. The zero-order valence-corrected chi connectivity index (χ0v) is 16.3. The molecule has 152 valence electrons. The van der Waals surface area contributed by atoms with E-state index in [2.05, 4.69) is 10.6 Å². The van der Waals surface area contributed by atoms with Crippen molar-refractivity contribution in [3.05, 3.63) is 59.7 Å². The summed E-state index contributed by atoms with van der Waals surface area (Å²) in [6, 6.07) is 14.1. The van der Waals surface area contributed by atoms with E-state index < -0.39 is 30.1 Å². The molecule has 0 saturated carbocycles. The summed E-state index contributed by atoms with van der Waals surface area (Å²) in [6.07, 6.45) is -0.475. The first-order valence-corrected chi connectivity index (χ1v) is 9.57. The smallest absolute Gasteiger partial charge is 0.407 e. The third-order valence-electron chi connectivity index (χ3n) is 5.09. The Kier molecular flexibility index (Phi) is 6.16. The number of benzene rings is 2. The van der Waals surface area contributed by atoms with E-state index in [1.165, 1.54) is 6.92 Å². The second-order valence-corrected chi connectivity index (χ2v) is 7.00. The summed E-state index contributed by atoms with van der Waals surface area (Å²) < 4.78 is 5.39. The lowest BCUT2D eigenvalue weighted by Gasteiger charge is -2.19. The van der Waals surface area contributed by atoms with E-state index in [4.69, 9.17) is 9.84 Å². The van der Waals surface area contributed by atoms with Crippen molar-refractivity contribution in [3.8, 4) is 11.1 Å². The molecule has 0 bridgehead atoms. The van der Waals surface area contributed by atoms with E-state index in [1.807, 2.05) is 48.5 Å². The number of hydrogen-bond donors (Lipinski definition) is 3. The van der Waals surface area contributed by atoms with Gasteiger partial charge < -0.3 is 20.5 Å². The Balaban J connectivity index is 1.60. The van der Waals surface area contributed by atoms with Crippen molar-refractivity contribution in [2.75, 3.05) is 6.61 Å². The first kappa shape index (κ1) is 20.4. The highest BCUT2D eigenvalue weighted by molar-refractivity contribution is 5.89. The normalized spacial score (nSPS) is 14.3. The van der Waals surface area contributed by atoms with Crippen molar-refractivity contribution >= 4 is 18.0 Å². The Morgan fingerprint density at radius 3 is 2.07 bits per heavy atom. The fourth-order valence-electron chi connectivity index (χ4n) is 3.52. The van der Waals surface area contributed by atoms with Crippen LogP contribution in [0, 0.1) is 0 Å². The van der Waals surface area contributed by atoms with Crippen LogP contribution in [0.5, 0.6) is 0 Å². The van der Waals surface area contributed by atoms with Gasteiger partial charge in [-0.2, -0.15) is 0 Å². The van der Waals surface area contributed by atoms with Crippen LogP contribution in [-0.2, 0) is 14.3 Å². The van der Waals surface area contributed by atoms with Gasteiger partial charge in [0.1, 0.15) is 18.7 Å². The Morgan fingerprint density at radius 1 is 1.00 bits per heavy atom. The lowest BCUT2D eigenvalue weighted by molar-refractivity contribution is -0.142. The number of ether oxygens (including phenoxy) is 1. The van der Waals surface area contributed by atoms with Gasteiger partial charge >= 0.3 is 12.1 Å². The average molecular weight is 396 g/mol. The maximum atomic E-state index is 12.2. The Morgan fingerprint density at radius 2 is 1.55 bits per heavy atom. The molecule has 3 rings (SSSR count). The van der Waals surface area contributed by atoms with Crippen LogP contribution in [0.25, 0.3) is 11.1 Å². The second-order valence-electron chi connectivity index (χ2n) is 7.00. The van der Waals surface area contributed by atoms with Crippen LogP contribution in [0.3, 0.4) is 0 Å². The van der Waals surface area contributed by atoms with Crippen LogP contribution >= 0.6 is 0 Å². The van der Waals surface area contributed by atoms with Crippen molar-refractivity contribution in [1.82, 2.24) is 10.6 Å². The summed E-state index contributed by atoms with van der Waals surface area (Å²) >= 11 is 0. The number of carboxylic acid groups (broad SMARTS) is 1. The van der Waals surface area contributed by atoms with Gasteiger partial charge in [0, 0.05) is 5.92 Å². The minimum atomic E-state index is -1.12. The first-order chi connectivity index (χ1) is 13.9. The lowest BCUT2D eigenvalue weighted by Crippen LogP contribution is -2.50. The average Bonchev–Trinajstić information content (AvgIpc) is 3.03. The van der Waals surface area contributed by atoms with Crippen LogP contribution in [0.15, 0.2) is 48.5 Å². The van der Waals surface area contributed by atoms with Crippen LogP contribution in [0.2, 0.25) is 0 Å². The zero-order valence-electron chi connectivity index (χ0n) is 16.3. The number of rotatable bonds is 7. The minimum Gasteiger partial charge on any atom is -0.480 e. The van der Waals surface area contributed by atoms with Crippen molar-refractivity contribution in [1.29, 1.82) is 0 Å². The number of hydrogen-bond acceptors (Lipinski definition) is 4. The molecule has 0 heterocycles. The maximum Gasteiger partial charge on any atom is 0.407 e. The third-order valence-corrected chi connectivity index (χ3v) is 5.09. The van der Waals surface area contributed by atoms with Crippen LogP contribution in [0.4, 0.5) is 4.79 Å². The monoisotopic (exact) mass is 396 g/mol. The summed E-state index contributed by atoms with van der Waals surface area (Å²) in [5.41, 5.74) is 4.45. The summed E-state index contributed by atoms with van der Waals surface area (Å²) in [5, 5.41) is 13.9. The summed E-state index contributed by atoms with van der Waals surface area (Å²) in [4.78, 5) is 35.3. The molecular formula is C22H24N2O5. The standard InChI is InChI=1S/C22H24N2O5/c1-3-19(21(26)27)24-20(25)13(2)23-22(28)29-12-18-16-10-6-4-8-14(16)15-9-5-7-11-17(15)18/h4-11,13,18-19H,3,12H2,1-2H3,(H,23,28)(H,24,25)(H,26,27)/t13?,19-/m0/s1. The van der Waals surface area contributed by atoms with Crippen molar-refractivity contribution in [3.63, 3.8) is 0 Å². The van der Waals surface area contributed by atoms with Gasteiger partial charge in [0.05, 0.1) is 0 Å². The Hall–Kier alpha value is -3.35. The van der Waals surface area contributed by atoms with Crippen LogP contribution < -0.4 is 10.6 Å². The number of carboxylic acids is 1. The molecule has 0 aromatic heterocycles. The number of alkyl carbamates (subject to hydrolysis) is 1. The van der Waals surface area contributed by atoms with Crippen LogP contribution in [-0.4, -0.2) is 41.8 Å². The molecule has 2 amide bonds. The molecule has 0 aliphatic heterocycles. The van der Waals surface area contributed by atoms with Gasteiger partial charge in [0.15, 0.2) is 0 Å². The topological polar surface area (TPSA) is 105 Å². The molecule has 29 heavy (non-hydrogen) atoms. The molecule has 1 unspecified atom stereocenters. The largest absolute Gasteiger partial charge is 0.480 e. The van der Waals surface area contributed by atoms with Gasteiger partial charge in [-0.3, -0.25) is 4.79 Å². The van der Waals surface area contributed by atoms with Gasteiger partial charge in [-0.25, -0.2) is 9.59 Å². The Labute approximate surface area is 169 Å². The van der Waals surface area contributed by atoms with E-state index >= 15 is 0 Å².